The first kappa shape index (κ1) is 9.56. The van der Waals surface area contributed by atoms with Crippen LogP contribution in [0.15, 0.2) is 24.3 Å². The third-order valence-electron chi connectivity index (χ3n) is 1.58. The van der Waals surface area contributed by atoms with Gasteiger partial charge in [-0.15, -0.1) is 12.3 Å². The molecule has 0 saturated carbocycles. The Morgan fingerprint density at radius 1 is 1.50 bits per heavy atom. The summed E-state index contributed by atoms with van der Waals surface area (Å²) >= 11 is 2.19. The van der Waals surface area contributed by atoms with Crippen molar-refractivity contribution in [2.45, 2.75) is 12.5 Å². The molecule has 0 spiro atoms. The van der Waals surface area contributed by atoms with Crippen LogP contribution in [0, 0.1) is 15.9 Å². The van der Waals surface area contributed by atoms with E-state index in [1.807, 2.05) is 24.3 Å². The van der Waals surface area contributed by atoms with Gasteiger partial charge in [0.25, 0.3) is 0 Å². The third-order valence-corrected chi connectivity index (χ3v) is 2.56. The van der Waals surface area contributed by atoms with Crippen LogP contribution in [-0.4, -0.2) is 5.11 Å². The van der Waals surface area contributed by atoms with E-state index >= 15 is 0 Å². The lowest BCUT2D eigenvalue weighted by atomic mass is 10.1. The van der Waals surface area contributed by atoms with Gasteiger partial charge in [-0.3, -0.25) is 0 Å². The van der Waals surface area contributed by atoms with Crippen LogP contribution in [0.3, 0.4) is 0 Å². The molecule has 0 radical (unpaired) electrons. The van der Waals surface area contributed by atoms with E-state index < -0.39 is 6.10 Å². The Bertz CT molecular complexity index is 301. The van der Waals surface area contributed by atoms with E-state index in [0.29, 0.717) is 6.42 Å². The van der Waals surface area contributed by atoms with Gasteiger partial charge in [-0.05, 0) is 34.2 Å². The van der Waals surface area contributed by atoms with Crippen molar-refractivity contribution in [1.82, 2.24) is 0 Å². The first-order valence-corrected chi connectivity index (χ1v) is 4.69. The van der Waals surface area contributed by atoms with Crippen molar-refractivity contribution in [3.05, 3.63) is 33.4 Å². The topological polar surface area (TPSA) is 20.2 Å². The summed E-state index contributed by atoms with van der Waals surface area (Å²) in [6.45, 7) is 0. The molecule has 0 saturated heterocycles. The Kier molecular flexibility index (Phi) is 3.57. The lowest BCUT2D eigenvalue weighted by molar-refractivity contribution is 0.183. The molecule has 0 aliphatic rings. The van der Waals surface area contributed by atoms with Crippen LogP contribution in [-0.2, 0) is 0 Å². The van der Waals surface area contributed by atoms with Crippen LogP contribution in [0.5, 0.6) is 0 Å². The molecule has 0 aromatic heterocycles. The van der Waals surface area contributed by atoms with Crippen LogP contribution in [0.4, 0.5) is 0 Å². The number of hydrogen-bond donors (Lipinski definition) is 1. The molecule has 0 heterocycles. The van der Waals surface area contributed by atoms with Gasteiger partial charge in [-0.25, -0.2) is 0 Å². The molecule has 0 aliphatic heterocycles. The number of rotatable bonds is 2. The summed E-state index contributed by atoms with van der Waals surface area (Å²) in [4.78, 5) is 0. The van der Waals surface area contributed by atoms with E-state index in [0.717, 1.165) is 9.13 Å². The lowest BCUT2D eigenvalue weighted by Crippen LogP contribution is -1.97. The van der Waals surface area contributed by atoms with Crippen LogP contribution in [0.2, 0.25) is 0 Å². The molecule has 62 valence electrons. The molecule has 0 aliphatic carbocycles. The van der Waals surface area contributed by atoms with Crippen molar-refractivity contribution in [1.29, 1.82) is 0 Å². The summed E-state index contributed by atoms with van der Waals surface area (Å²) in [6, 6.07) is 7.69. The average molecular weight is 272 g/mol. The smallest absolute Gasteiger partial charge is 0.0909 e. The Hall–Kier alpha value is -0.530. The molecule has 1 N–H and O–H groups in total. The predicted octanol–water partition coefficient (Wildman–Crippen LogP) is 2.35. The van der Waals surface area contributed by atoms with Gasteiger partial charge in [-0.1, -0.05) is 18.2 Å². The van der Waals surface area contributed by atoms with Crippen LogP contribution < -0.4 is 0 Å². The standard InChI is InChI=1S/C10H9IO/c1-2-5-10(12)8-6-3-4-7-9(8)11/h1,3-4,6-7,10,12H,5H2. The maximum atomic E-state index is 9.55. The molecule has 1 rings (SSSR count). The van der Waals surface area contributed by atoms with Gasteiger partial charge in [0.1, 0.15) is 0 Å². The summed E-state index contributed by atoms with van der Waals surface area (Å²) in [7, 11) is 0. The van der Waals surface area contributed by atoms with Gasteiger partial charge < -0.3 is 5.11 Å². The van der Waals surface area contributed by atoms with Gasteiger partial charge in [0.2, 0.25) is 0 Å². The fourth-order valence-electron chi connectivity index (χ4n) is 0.967. The molecule has 12 heavy (non-hydrogen) atoms. The molecule has 1 nitrogen and oxygen atoms in total. The fourth-order valence-corrected chi connectivity index (χ4v) is 1.71. The SMILES string of the molecule is C#CCC(O)c1ccccc1I. The van der Waals surface area contributed by atoms with Crippen molar-refractivity contribution < 1.29 is 5.11 Å². The molecular weight excluding hydrogens is 263 g/mol. The first-order chi connectivity index (χ1) is 5.75. The van der Waals surface area contributed by atoms with E-state index in [4.69, 9.17) is 6.42 Å². The van der Waals surface area contributed by atoms with Crippen LogP contribution >= 0.6 is 22.6 Å². The highest BCUT2D eigenvalue weighted by molar-refractivity contribution is 14.1. The van der Waals surface area contributed by atoms with Gasteiger partial charge in [0, 0.05) is 9.99 Å². The maximum absolute atomic E-state index is 9.55. The highest BCUT2D eigenvalue weighted by atomic mass is 127. The fraction of sp³-hybridized carbons (Fsp3) is 0.200. The van der Waals surface area contributed by atoms with E-state index in [1.54, 1.807) is 0 Å². The highest BCUT2D eigenvalue weighted by Gasteiger charge is 2.07. The largest absolute Gasteiger partial charge is 0.387 e. The van der Waals surface area contributed by atoms with Gasteiger partial charge >= 0.3 is 0 Å². The zero-order valence-electron chi connectivity index (χ0n) is 6.50. The molecule has 1 atom stereocenters. The van der Waals surface area contributed by atoms with E-state index in [2.05, 4.69) is 28.5 Å². The summed E-state index contributed by atoms with van der Waals surface area (Å²) in [5, 5.41) is 9.55. The molecule has 1 unspecified atom stereocenters. The average Bonchev–Trinajstić information content (AvgIpc) is 2.05. The monoisotopic (exact) mass is 272 g/mol. The third kappa shape index (κ3) is 2.23. The second-order valence-corrected chi connectivity index (χ2v) is 3.61. The minimum absolute atomic E-state index is 0.375. The van der Waals surface area contributed by atoms with Gasteiger partial charge in [-0.2, -0.15) is 0 Å². The summed E-state index contributed by atoms with van der Waals surface area (Å²) < 4.78 is 1.05. The van der Waals surface area contributed by atoms with Gasteiger partial charge in [0.05, 0.1) is 6.10 Å². The second-order valence-electron chi connectivity index (χ2n) is 2.45. The molecular formula is C10H9IO. The molecule has 1 aromatic carbocycles. The minimum Gasteiger partial charge on any atom is -0.387 e. The molecule has 1 aromatic rings. The van der Waals surface area contributed by atoms with Crippen molar-refractivity contribution >= 4 is 22.6 Å². The second kappa shape index (κ2) is 4.48. The number of hydrogen-bond acceptors (Lipinski definition) is 1. The molecule has 0 fully saturated rings. The number of halogens is 1. The van der Waals surface area contributed by atoms with E-state index in [9.17, 15) is 5.11 Å². The van der Waals surface area contributed by atoms with Crippen molar-refractivity contribution in [3.8, 4) is 12.3 Å². The lowest BCUT2D eigenvalue weighted by Gasteiger charge is -2.08. The zero-order chi connectivity index (χ0) is 8.97. The minimum atomic E-state index is -0.525. The zero-order valence-corrected chi connectivity index (χ0v) is 8.65. The molecule has 2 heteroatoms. The highest BCUT2D eigenvalue weighted by Crippen LogP contribution is 2.21. The van der Waals surface area contributed by atoms with E-state index in [1.165, 1.54) is 0 Å². The number of aliphatic hydroxyl groups is 1. The van der Waals surface area contributed by atoms with Crippen molar-refractivity contribution in [2.75, 3.05) is 0 Å². The summed E-state index contributed by atoms with van der Waals surface area (Å²) in [6.07, 6.45) is 4.95. The quantitative estimate of drug-likeness (QED) is 0.647. The Balaban J connectivity index is 2.88. The summed E-state index contributed by atoms with van der Waals surface area (Å²) in [5.74, 6) is 2.44. The van der Waals surface area contributed by atoms with Gasteiger partial charge in [0.15, 0.2) is 0 Å². The van der Waals surface area contributed by atoms with Crippen molar-refractivity contribution in [2.24, 2.45) is 0 Å². The normalized spacial score (nSPS) is 12.1. The Labute approximate surface area is 85.9 Å². The predicted molar refractivity (Wildman–Crippen MR) is 57.6 cm³/mol. The molecule has 0 bridgehead atoms. The Morgan fingerprint density at radius 2 is 2.17 bits per heavy atom. The molecule has 0 amide bonds. The van der Waals surface area contributed by atoms with Crippen molar-refractivity contribution in [3.63, 3.8) is 0 Å². The Morgan fingerprint density at radius 3 is 2.75 bits per heavy atom. The number of benzene rings is 1. The number of terminal acetylenes is 1. The summed E-state index contributed by atoms with van der Waals surface area (Å²) in [5.41, 5.74) is 0.913. The maximum Gasteiger partial charge on any atom is 0.0909 e. The van der Waals surface area contributed by atoms with E-state index in [-0.39, 0.29) is 0 Å². The van der Waals surface area contributed by atoms with Crippen LogP contribution in [0.1, 0.15) is 18.1 Å². The first-order valence-electron chi connectivity index (χ1n) is 3.61. The van der Waals surface area contributed by atoms with Crippen LogP contribution in [0.25, 0.3) is 0 Å². The number of aliphatic hydroxyl groups excluding tert-OH is 1.